The van der Waals surface area contributed by atoms with Gasteiger partial charge in [0.1, 0.15) is 6.10 Å². The lowest BCUT2D eigenvalue weighted by Gasteiger charge is -2.20. The Morgan fingerprint density at radius 3 is 2.67 bits per heavy atom. The zero-order valence-electron chi connectivity index (χ0n) is 10.6. The summed E-state index contributed by atoms with van der Waals surface area (Å²) >= 11 is 0. The van der Waals surface area contributed by atoms with E-state index in [1.54, 1.807) is 31.3 Å². The molecular formula is C13H19NO4. The monoisotopic (exact) mass is 253 g/mol. The molecule has 0 fully saturated rings. The Morgan fingerprint density at radius 1 is 1.39 bits per heavy atom. The Morgan fingerprint density at radius 2 is 2.06 bits per heavy atom. The average Bonchev–Trinajstić information content (AvgIpc) is 2.43. The fraction of sp³-hybridized carbons (Fsp3) is 0.462. The molecule has 0 aliphatic rings. The molecule has 0 aromatic heterocycles. The van der Waals surface area contributed by atoms with E-state index >= 15 is 0 Å². The van der Waals surface area contributed by atoms with Gasteiger partial charge in [0.25, 0.3) is 0 Å². The van der Waals surface area contributed by atoms with Gasteiger partial charge in [-0.2, -0.15) is 0 Å². The van der Waals surface area contributed by atoms with Crippen molar-refractivity contribution < 1.29 is 19.7 Å². The van der Waals surface area contributed by atoms with Gasteiger partial charge in [-0.05, 0) is 31.6 Å². The predicted molar refractivity (Wildman–Crippen MR) is 67.3 cm³/mol. The second kappa shape index (κ2) is 7.10. The van der Waals surface area contributed by atoms with E-state index in [0.29, 0.717) is 18.5 Å². The molecule has 0 saturated carbocycles. The van der Waals surface area contributed by atoms with Crippen LogP contribution in [-0.4, -0.2) is 43.0 Å². The molecule has 0 bridgehead atoms. The zero-order chi connectivity index (χ0) is 13.5. The van der Waals surface area contributed by atoms with Crippen LogP contribution in [0, 0.1) is 0 Å². The molecule has 0 heterocycles. The summed E-state index contributed by atoms with van der Waals surface area (Å²) in [6.07, 6.45) is -1.63. The van der Waals surface area contributed by atoms with Gasteiger partial charge in [-0.15, -0.1) is 0 Å². The van der Waals surface area contributed by atoms with Crippen LogP contribution in [0.3, 0.4) is 0 Å². The van der Waals surface area contributed by atoms with Gasteiger partial charge in [0.2, 0.25) is 0 Å². The summed E-state index contributed by atoms with van der Waals surface area (Å²) in [7, 11) is 3.05. The third-order valence-corrected chi connectivity index (χ3v) is 2.74. The van der Waals surface area contributed by atoms with E-state index in [1.807, 2.05) is 0 Å². The van der Waals surface area contributed by atoms with Crippen molar-refractivity contribution >= 4 is 5.97 Å². The maximum absolute atomic E-state index is 11.5. The van der Waals surface area contributed by atoms with Gasteiger partial charge in [0.15, 0.2) is 0 Å². The van der Waals surface area contributed by atoms with Crippen LogP contribution in [-0.2, 0) is 4.74 Å². The van der Waals surface area contributed by atoms with Crippen molar-refractivity contribution in [1.82, 2.24) is 5.32 Å². The first-order valence-corrected chi connectivity index (χ1v) is 5.79. The van der Waals surface area contributed by atoms with Gasteiger partial charge >= 0.3 is 5.97 Å². The first kappa shape index (κ1) is 14.6. The van der Waals surface area contributed by atoms with Crippen molar-refractivity contribution in [3.63, 3.8) is 0 Å². The summed E-state index contributed by atoms with van der Waals surface area (Å²) in [5.41, 5.74) is 0.656. The highest BCUT2D eigenvalue weighted by molar-refractivity contribution is 5.91. The van der Waals surface area contributed by atoms with E-state index in [4.69, 9.17) is 0 Å². The van der Waals surface area contributed by atoms with Gasteiger partial charge in [0.05, 0.1) is 18.8 Å². The largest absolute Gasteiger partial charge is 0.465 e. The third kappa shape index (κ3) is 3.53. The lowest BCUT2D eigenvalue weighted by molar-refractivity contribution is 0.0129. The molecular weight excluding hydrogens is 234 g/mol. The molecule has 0 aliphatic heterocycles. The Labute approximate surface area is 106 Å². The fourth-order valence-electron chi connectivity index (χ4n) is 1.71. The number of ether oxygens (including phenoxy) is 1. The molecule has 1 rings (SSSR count). The van der Waals surface area contributed by atoms with Crippen LogP contribution in [0.2, 0.25) is 0 Å². The van der Waals surface area contributed by atoms with Crippen LogP contribution in [0.1, 0.15) is 28.4 Å². The van der Waals surface area contributed by atoms with E-state index in [-0.39, 0.29) is 5.56 Å². The van der Waals surface area contributed by atoms with Crippen LogP contribution in [0.25, 0.3) is 0 Å². The van der Waals surface area contributed by atoms with Crippen molar-refractivity contribution in [3.8, 4) is 0 Å². The lowest BCUT2D eigenvalue weighted by Crippen LogP contribution is -2.24. The minimum absolute atomic E-state index is 0.274. The number of hydrogen-bond acceptors (Lipinski definition) is 5. The van der Waals surface area contributed by atoms with Gasteiger partial charge in [-0.1, -0.05) is 18.2 Å². The average molecular weight is 253 g/mol. The number of nitrogens with one attached hydrogen (secondary N) is 1. The molecule has 0 radical (unpaired) electrons. The molecule has 3 N–H and O–H groups in total. The third-order valence-electron chi connectivity index (χ3n) is 2.74. The fourth-order valence-corrected chi connectivity index (χ4v) is 1.71. The van der Waals surface area contributed by atoms with Crippen LogP contribution in [0.15, 0.2) is 24.3 Å². The maximum Gasteiger partial charge on any atom is 0.338 e. The van der Waals surface area contributed by atoms with Gasteiger partial charge in [-0.25, -0.2) is 4.79 Å². The molecule has 1 aromatic rings. The molecule has 0 spiro atoms. The molecule has 0 saturated heterocycles. The number of carbonyl (C=O) groups is 1. The predicted octanol–water partition coefficient (Wildman–Crippen LogP) is 0.477. The molecule has 0 aliphatic carbocycles. The Kier molecular flexibility index (Phi) is 5.77. The number of aliphatic hydroxyl groups excluding tert-OH is 2. The number of carbonyl (C=O) groups excluding carboxylic acids is 1. The zero-order valence-corrected chi connectivity index (χ0v) is 10.6. The van der Waals surface area contributed by atoms with Gasteiger partial charge < -0.3 is 20.3 Å². The first-order valence-electron chi connectivity index (χ1n) is 5.79. The second-order valence-corrected chi connectivity index (χ2v) is 3.98. The Bertz CT molecular complexity index is 394. The smallest absolute Gasteiger partial charge is 0.338 e. The van der Waals surface area contributed by atoms with E-state index in [2.05, 4.69) is 10.1 Å². The van der Waals surface area contributed by atoms with Crippen molar-refractivity contribution in [3.05, 3.63) is 35.4 Å². The van der Waals surface area contributed by atoms with E-state index in [9.17, 15) is 15.0 Å². The maximum atomic E-state index is 11.5. The van der Waals surface area contributed by atoms with Gasteiger partial charge in [-0.3, -0.25) is 0 Å². The molecule has 2 atom stereocenters. The van der Waals surface area contributed by atoms with E-state index < -0.39 is 18.2 Å². The number of methoxy groups -OCH3 is 1. The number of hydrogen-bond donors (Lipinski definition) is 3. The SMILES string of the molecule is CNCCC(O)C(O)c1ccccc1C(=O)OC. The topological polar surface area (TPSA) is 78.8 Å². The normalized spacial score (nSPS) is 14.0. The summed E-state index contributed by atoms with van der Waals surface area (Å²) in [6.45, 7) is 0.582. The van der Waals surface area contributed by atoms with Gasteiger partial charge in [0, 0.05) is 0 Å². The quantitative estimate of drug-likeness (QED) is 0.643. The van der Waals surface area contributed by atoms with Crippen LogP contribution >= 0.6 is 0 Å². The molecule has 5 nitrogen and oxygen atoms in total. The standard InChI is InChI=1S/C13H19NO4/c1-14-8-7-11(15)12(16)9-5-3-4-6-10(9)13(17)18-2/h3-6,11-12,14-16H,7-8H2,1-2H3. The molecule has 0 amide bonds. The van der Waals surface area contributed by atoms with Crippen LogP contribution < -0.4 is 5.32 Å². The summed E-state index contributed by atoms with van der Waals surface area (Å²) in [6, 6.07) is 6.56. The molecule has 100 valence electrons. The summed E-state index contributed by atoms with van der Waals surface area (Å²) in [5, 5.41) is 22.8. The molecule has 18 heavy (non-hydrogen) atoms. The minimum atomic E-state index is -1.10. The number of rotatable bonds is 6. The summed E-state index contributed by atoms with van der Waals surface area (Å²) < 4.78 is 4.64. The second-order valence-electron chi connectivity index (χ2n) is 3.98. The van der Waals surface area contributed by atoms with Crippen molar-refractivity contribution in [2.24, 2.45) is 0 Å². The molecule has 2 unspecified atom stereocenters. The Balaban J connectivity index is 2.90. The number of benzene rings is 1. The minimum Gasteiger partial charge on any atom is -0.465 e. The highest BCUT2D eigenvalue weighted by Crippen LogP contribution is 2.23. The van der Waals surface area contributed by atoms with Crippen molar-refractivity contribution in [1.29, 1.82) is 0 Å². The lowest BCUT2D eigenvalue weighted by atomic mass is 9.97. The summed E-state index contributed by atoms with van der Waals surface area (Å²) in [5.74, 6) is -0.523. The highest BCUT2D eigenvalue weighted by atomic mass is 16.5. The first-order chi connectivity index (χ1) is 8.61. The highest BCUT2D eigenvalue weighted by Gasteiger charge is 2.23. The number of esters is 1. The molecule has 5 heteroatoms. The van der Waals surface area contributed by atoms with Crippen LogP contribution in [0.4, 0.5) is 0 Å². The summed E-state index contributed by atoms with van der Waals surface area (Å²) in [4.78, 5) is 11.5. The molecule has 1 aromatic carbocycles. The van der Waals surface area contributed by atoms with Crippen LogP contribution in [0.5, 0.6) is 0 Å². The number of aliphatic hydroxyl groups is 2. The van der Waals surface area contributed by atoms with E-state index in [0.717, 1.165) is 0 Å². The van der Waals surface area contributed by atoms with E-state index in [1.165, 1.54) is 7.11 Å². The van der Waals surface area contributed by atoms with Crippen molar-refractivity contribution in [2.75, 3.05) is 20.7 Å². The van der Waals surface area contributed by atoms with Crippen molar-refractivity contribution in [2.45, 2.75) is 18.6 Å². The Hall–Kier alpha value is -1.43.